The van der Waals surface area contributed by atoms with E-state index in [4.69, 9.17) is 9.72 Å². The normalized spacial score (nSPS) is 26.3. The molecule has 1 N–H and O–H groups in total. The second kappa shape index (κ2) is 5.27. The van der Waals surface area contributed by atoms with Gasteiger partial charge in [-0.25, -0.2) is 4.98 Å². The number of fused-ring (bicyclic) bond motifs is 1. The van der Waals surface area contributed by atoms with Gasteiger partial charge in [-0.05, 0) is 43.7 Å². The molecule has 1 fully saturated rings. The molecule has 2 heterocycles. The van der Waals surface area contributed by atoms with E-state index in [2.05, 4.69) is 24.4 Å². The van der Waals surface area contributed by atoms with Gasteiger partial charge in [0.15, 0.2) is 0 Å². The number of nitrogens with zero attached hydrogens (tertiary/aromatic N) is 1. The molecule has 1 aromatic heterocycles. The van der Waals surface area contributed by atoms with Crippen molar-refractivity contribution < 1.29 is 4.74 Å². The van der Waals surface area contributed by atoms with Crippen LogP contribution in [0.3, 0.4) is 0 Å². The van der Waals surface area contributed by atoms with E-state index in [0.717, 1.165) is 31.8 Å². The van der Waals surface area contributed by atoms with Crippen LogP contribution < -0.4 is 5.32 Å². The van der Waals surface area contributed by atoms with E-state index in [1.165, 1.54) is 30.5 Å². The standard InChI is InChI=1S/C15H22N2O/c1-2-14-12(8-9-18-14)10-16-15-7-6-11-4-3-5-13(11)17-15/h6-7,12,14H,2-5,8-10H2,1H3,(H,16,17). The van der Waals surface area contributed by atoms with Crippen LogP contribution in [-0.2, 0) is 17.6 Å². The van der Waals surface area contributed by atoms with E-state index < -0.39 is 0 Å². The third-order valence-corrected chi connectivity index (χ3v) is 4.22. The minimum absolute atomic E-state index is 0.437. The second-order valence-corrected chi connectivity index (χ2v) is 5.40. The molecule has 0 amide bonds. The van der Waals surface area contributed by atoms with E-state index in [1.807, 2.05) is 0 Å². The van der Waals surface area contributed by atoms with Crippen molar-refractivity contribution in [1.82, 2.24) is 4.98 Å². The van der Waals surface area contributed by atoms with Crippen LogP contribution in [0.25, 0.3) is 0 Å². The lowest BCUT2D eigenvalue weighted by Gasteiger charge is -2.17. The molecule has 1 aromatic rings. The zero-order valence-electron chi connectivity index (χ0n) is 11.1. The highest BCUT2D eigenvalue weighted by Gasteiger charge is 2.26. The first-order chi connectivity index (χ1) is 8.86. The first-order valence-corrected chi connectivity index (χ1v) is 7.21. The van der Waals surface area contributed by atoms with Crippen molar-refractivity contribution in [3.05, 3.63) is 23.4 Å². The minimum Gasteiger partial charge on any atom is -0.378 e. The van der Waals surface area contributed by atoms with Gasteiger partial charge in [-0.1, -0.05) is 13.0 Å². The summed E-state index contributed by atoms with van der Waals surface area (Å²) in [7, 11) is 0. The lowest BCUT2D eigenvalue weighted by atomic mass is 10.00. The molecule has 18 heavy (non-hydrogen) atoms. The zero-order valence-corrected chi connectivity index (χ0v) is 11.1. The van der Waals surface area contributed by atoms with Gasteiger partial charge in [0.2, 0.25) is 0 Å². The van der Waals surface area contributed by atoms with Crippen LogP contribution in [0, 0.1) is 5.92 Å². The van der Waals surface area contributed by atoms with Gasteiger partial charge in [-0.2, -0.15) is 0 Å². The Kier molecular flexibility index (Phi) is 3.50. The summed E-state index contributed by atoms with van der Waals surface area (Å²) in [5, 5.41) is 3.49. The van der Waals surface area contributed by atoms with E-state index in [-0.39, 0.29) is 0 Å². The Balaban J connectivity index is 1.60. The van der Waals surface area contributed by atoms with Gasteiger partial charge < -0.3 is 10.1 Å². The monoisotopic (exact) mass is 246 g/mol. The Hall–Kier alpha value is -1.09. The minimum atomic E-state index is 0.437. The molecule has 98 valence electrons. The summed E-state index contributed by atoms with van der Waals surface area (Å²) in [6, 6.07) is 4.36. The summed E-state index contributed by atoms with van der Waals surface area (Å²) < 4.78 is 5.72. The van der Waals surface area contributed by atoms with Gasteiger partial charge in [-0.3, -0.25) is 0 Å². The molecule has 1 saturated heterocycles. The Morgan fingerprint density at radius 3 is 3.22 bits per heavy atom. The molecule has 3 rings (SSSR count). The average Bonchev–Trinajstić information content (AvgIpc) is 3.04. The first kappa shape index (κ1) is 12.0. The molecule has 2 unspecified atom stereocenters. The van der Waals surface area contributed by atoms with Crippen LogP contribution in [-0.4, -0.2) is 24.2 Å². The molecule has 0 radical (unpaired) electrons. The van der Waals surface area contributed by atoms with Crippen molar-refractivity contribution in [3.63, 3.8) is 0 Å². The zero-order chi connectivity index (χ0) is 12.4. The summed E-state index contributed by atoms with van der Waals surface area (Å²) >= 11 is 0. The molecule has 0 saturated carbocycles. The van der Waals surface area contributed by atoms with E-state index in [9.17, 15) is 0 Å². The predicted molar refractivity (Wildman–Crippen MR) is 72.9 cm³/mol. The van der Waals surface area contributed by atoms with Gasteiger partial charge in [0.25, 0.3) is 0 Å². The van der Waals surface area contributed by atoms with Crippen molar-refractivity contribution >= 4 is 5.82 Å². The van der Waals surface area contributed by atoms with Gasteiger partial charge in [-0.15, -0.1) is 0 Å². The smallest absolute Gasteiger partial charge is 0.126 e. The number of rotatable bonds is 4. The van der Waals surface area contributed by atoms with E-state index in [1.54, 1.807) is 0 Å². The van der Waals surface area contributed by atoms with E-state index in [0.29, 0.717) is 12.0 Å². The lowest BCUT2D eigenvalue weighted by molar-refractivity contribution is 0.0900. The first-order valence-electron chi connectivity index (χ1n) is 7.21. The van der Waals surface area contributed by atoms with Crippen LogP contribution in [0.5, 0.6) is 0 Å². The molecule has 3 nitrogen and oxygen atoms in total. The largest absolute Gasteiger partial charge is 0.378 e. The summed E-state index contributed by atoms with van der Waals surface area (Å²) in [5.41, 5.74) is 2.74. The maximum absolute atomic E-state index is 5.72. The Bertz CT molecular complexity index is 419. The quantitative estimate of drug-likeness (QED) is 0.887. The molecule has 0 bridgehead atoms. The third-order valence-electron chi connectivity index (χ3n) is 4.22. The predicted octanol–water partition coefficient (Wildman–Crippen LogP) is 2.80. The number of aromatic nitrogens is 1. The molecule has 2 aliphatic rings. The van der Waals surface area contributed by atoms with Crippen molar-refractivity contribution in [3.8, 4) is 0 Å². The second-order valence-electron chi connectivity index (χ2n) is 5.40. The summed E-state index contributed by atoms with van der Waals surface area (Å²) in [5.74, 6) is 1.68. The molecule has 3 heteroatoms. The van der Waals surface area contributed by atoms with Crippen LogP contribution in [0.2, 0.25) is 0 Å². The van der Waals surface area contributed by atoms with Crippen molar-refractivity contribution in [2.45, 2.75) is 45.1 Å². The number of anilines is 1. The Labute approximate surface area is 109 Å². The molecule has 1 aliphatic carbocycles. The Morgan fingerprint density at radius 1 is 1.39 bits per heavy atom. The molecule has 0 aromatic carbocycles. The average molecular weight is 246 g/mol. The van der Waals surface area contributed by atoms with Gasteiger partial charge in [0, 0.05) is 24.8 Å². The van der Waals surface area contributed by atoms with Crippen LogP contribution in [0.4, 0.5) is 5.82 Å². The fraction of sp³-hybridized carbons (Fsp3) is 0.667. The maximum atomic E-state index is 5.72. The highest BCUT2D eigenvalue weighted by Crippen LogP contribution is 2.25. The Morgan fingerprint density at radius 2 is 2.33 bits per heavy atom. The maximum Gasteiger partial charge on any atom is 0.126 e. The molecular weight excluding hydrogens is 224 g/mol. The number of hydrogen-bond donors (Lipinski definition) is 1. The van der Waals surface area contributed by atoms with Gasteiger partial charge in [0.05, 0.1) is 6.10 Å². The molecule has 1 aliphatic heterocycles. The van der Waals surface area contributed by atoms with Crippen LogP contribution in [0.1, 0.15) is 37.4 Å². The van der Waals surface area contributed by atoms with Crippen LogP contribution >= 0.6 is 0 Å². The summed E-state index contributed by atoms with van der Waals surface area (Å²) in [6.07, 6.45) is 6.35. The number of aryl methyl sites for hydroxylation is 2. The number of ether oxygens (including phenoxy) is 1. The SMILES string of the molecule is CCC1OCCC1CNc1ccc2c(n1)CCC2. The summed E-state index contributed by atoms with van der Waals surface area (Å²) in [4.78, 5) is 4.71. The fourth-order valence-corrected chi connectivity index (χ4v) is 3.13. The van der Waals surface area contributed by atoms with Crippen LogP contribution in [0.15, 0.2) is 12.1 Å². The molecular formula is C15H22N2O. The van der Waals surface area contributed by atoms with Crippen molar-refractivity contribution in [2.24, 2.45) is 5.92 Å². The topological polar surface area (TPSA) is 34.1 Å². The number of hydrogen-bond acceptors (Lipinski definition) is 3. The highest BCUT2D eigenvalue weighted by molar-refractivity contribution is 5.40. The van der Waals surface area contributed by atoms with Gasteiger partial charge in [0.1, 0.15) is 5.82 Å². The van der Waals surface area contributed by atoms with Crippen molar-refractivity contribution in [2.75, 3.05) is 18.5 Å². The summed E-state index contributed by atoms with van der Waals surface area (Å²) in [6.45, 7) is 4.11. The third kappa shape index (κ3) is 2.37. The highest BCUT2D eigenvalue weighted by atomic mass is 16.5. The number of nitrogens with one attached hydrogen (secondary N) is 1. The van der Waals surface area contributed by atoms with E-state index >= 15 is 0 Å². The van der Waals surface area contributed by atoms with Crippen molar-refractivity contribution in [1.29, 1.82) is 0 Å². The molecule has 2 atom stereocenters. The fourth-order valence-electron chi connectivity index (χ4n) is 3.13. The van der Waals surface area contributed by atoms with Gasteiger partial charge >= 0.3 is 0 Å². The number of pyridine rings is 1. The lowest BCUT2D eigenvalue weighted by Crippen LogP contribution is -2.23. The molecule has 0 spiro atoms.